The van der Waals surface area contributed by atoms with E-state index in [0.29, 0.717) is 37.5 Å². The molecule has 0 spiro atoms. The first-order valence-electron chi connectivity index (χ1n) is 19.0. The van der Waals surface area contributed by atoms with Crippen molar-refractivity contribution < 1.29 is 26.8 Å². The van der Waals surface area contributed by atoms with Gasteiger partial charge in [-0.2, -0.15) is 4.31 Å². The summed E-state index contributed by atoms with van der Waals surface area (Å²) in [5.74, 6) is -4.17. The molecule has 3 saturated heterocycles. The lowest BCUT2D eigenvalue weighted by molar-refractivity contribution is -0.129. The van der Waals surface area contributed by atoms with Crippen LogP contribution in [0, 0.1) is 11.8 Å². The lowest BCUT2D eigenvalue weighted by Crippen LogP contribution is -2.55. The van der Waals surface area contributed by atoms with E-state index in [0.717, 1.165) is 45.2 Å². The number of sulfonamides is 1. The maximum atomic E-state index is 16.1. The second-order valence-electron chi connectivity index (χ2n) is 15.6. The number of amides is 2. The molecule has 1 aromatic carbocycles. The van der Waals surface area contributed by atoms with Gasteiger partial charge in [-0.1, -0.05) is 11.6 Å². The lowest BCUT2D eigenvalue weighted by Gasteiger charge is -2.38. The summed E-state index contributed by atoms with van der Waals surface area (Å²) in [5, 5.41) is 3.16. The lowest BCUT2D eigenvalue weighted by atomic mass is 9.77. The summed E-state index contributed by atoms with van der Waals surface area (Å²) in [6.45, 7) is 3.04. The van der Waals surface area contributed by atoms with Crippen molar-refractivity contribution in [2.75, 3.05) is 55.6 Å². The molecule has 16 heteroatoms. The van der Waals surface area contributed by atoms with Gasteiger partial charge in [0, 0.05) is 99.5 Å². The number of carbonyl (C=O) groups excluding carboxylic acids is 2. The molecule has 2 amide bonds. The second-order valence-corrected chi connectivity index (χ2v) is 17.9. The van der Waals surface area contributed by atoms with Gasteiger partial charge in [0.1, 0.15) is 11.0 Å². The van der Waals surface area contributed by atoms with E-state index >= 15 is 8.78 Å². The van der Waals surface area contributed by atoms with Gasteiger partial charge in [0.15, 0.2) is 0 Å². The van der Waals surface area contributed by atoms with Crippen LogP contribution in [0.1, 0.15) is 69.8 Å². The molecule has 2 aliphatic carbocycles. The molecule has 0 radical (unpaired) electrons. The smallest absolute Gasteiger partial charge is 0.276 e. The monoisotopic (exact) mass is 776 g/mol. The number of piperidine rings is 1. The Morgan fingerprint density at radius 1 is 0.906 bits per heavy atom. The predicted molar refractivity (Wildman–Crippen MR) is 199 cm³/mol. The largest absolute Gasteiger partial charge is 0.354 e. The number of hydrogen-bond donors (Lipinski definition) is 3. The van der Waals surface area contributed by atoms with Gasteiger partial charge in [0.2, 0.25) is 21.8 Å². The Bertz CT molecular complexity index is 1750. The van der Waals surface area contributed by atoms with Gasteiger partial charge in [-0.05, 0) is 94.2 Å². The SMILES string of the molecule is N[C@@H]1C[C@H](N)CN(C2CC[C@H](NC(=O)[C@H]3CC[C@H](C(F)(F)c4cc(Cl)nc(N5CCN(S(=O)(=O)c6ccc(N7CCCC7=O)cc6)CC5)c4)CC3)C2)C1. The van der Waals surface area contributed by atoms with Gasteiger partial charge in [-0.3, -0.25) is 14.5 Å². The maximum Gasteiger partial charge on any atom is 0.276 e. The Balaban J connectivity index is 0.914. The van der Waals surface area contributed by atoms with E-state index in [9.17, 15) is 18.0 Å². The zero-order chi connectivity index (χ0) is 37.5. The number of pyridine rings is 1. The number of nitrogens with one attached hydrogen (secondary N) is 1. The fourth-order valence-electron chi connectivity index (χ4n) is 9.07. The summed E-state index contributed by atoms with van der Waals surface area (Å²) in [4.78, 5) is 35.6. The topological polar surface area (TPSA) is 158 Å². The van der Waals surface area contributed by atoms with Crippen molar-refractivity contribution in [3.63, 3.8) is 0 Å². The van der Waals surface area contributed by atoms with E-state index in [1.54, 1.807) is 21.9 Å². The molecular formula is C37H51ClF2N8O4S. The highest BCUT2D eigenvalue weighted by atomic mass is 35.5. The number of nitrogens with zero attached hydrogens (tertiary/aromatic N) is 5. The number of piperazine rings is 1. The van der Waals surface area contributed by atoms with Gasteiger partial charge in [-0.15, -0.1) is 0 Å². The molecule has 4 heterocycles. The number of hydrogen-bond acceptors (Lipinski definition) is 9. The summed E-state index contributed by atoms with van der Waals surface area (Å²) in [6.07, 6.45) is 6.01. The number of carbonyl (C=O) groups is 2. The zero-order valence-electron chi connectivity index (χ0n) is 30.0. The van der Waals surface area contributed by atoms with Crippen molar-refractivity contribution in [1.82, 2.24) is 19.5 Å². The Morgan fingerprint density at radius 2 is 1.58 bits per heavy atom. The molecule has 1 unspecified atom stereocenters. The molecule has 5 N–H and O–H groups in total. The fraction of sp³-hybridized carbons (Fsp3) is 0.649. The Kier molecular flexibility index (Phi) is 11.3. The third kappa shape index (κ3) is 8.35. The highest BCUT2D eigenvalue weighted by Gasteiger charge is 2.45. The molecule has 4 atom stereocenters. The Hall–Kier alpha value is -2.95. The standard InChI is InChI=1S/C37H51ClF2N8O4S/c38-33-18-26(19-34(44-33)45-14-16-47(17-15-45)53(51,52)32-11-9-30(10-12-32)48-13-1-2-35(48)49)37(39,40)25-5-3-24(4-6-25)36(50)43-29-7-8-31(21-29)46-22-27(41)20-28(42)23-46/h9-12,18-19,24-25,27-29,31H,1-8,13-17,20-23,41-42H2,(H,43,50)/t24-,25-,27-,28+,29-,31?/m0/s1. The van der Waals surface area contributed by atoms with E-state index < -0.39 is 21.9 Å². The highest BCUT2D eigenvalue weighted by Crippen LogP contribution is 2.46. The third-order valence-corrected chi connectivity index (χ3v) is 14.1. The maximum absolute atomic E-state index is 16.1. The van der Waals surface area contributed by atoms with E-state index in [2.05, 4.69) is 15.2 Å². The van der Waals surface area contributed by atoms with Crippen molar-refractivity contribution in [2.24, 2.45) is 23.3 Å². The molecule has 7 rings (SSSR count). The first-order valence-corrected chi connectivity index (χ1v) is 20.9. The Labute approximate surface area is 315 Å². The van der Waals surface area contributed by atoms with Crippen LogP contribution < -0.4 is 26.6 Å². The molecule has 2 aromatic rings. The summed E-state index contributed by atoms with van der Waals surface area (Å²) >= 11 is 6.31. The number of alkyl halides is 2. The first kappa shape index (κ1) is 38.3. The Morgan fingerprint density at radius 3 is 2.23 bits per heavy atom. The van der Waals surface area contributed by atoms with Crippen LogP contribution in [0.15, 0.2) is 41.3 Å². The predicted octanol–water partition coefficient (Wildman–Crippen LogP) is 3.67. The average Bonchev–Trinajstić information content (AvgIpc) is 3.80. The number of anilines is 2. The summed E-state index contributed by atoms with van der Waals surface area (Å²) in [7, 11) is -3.81. The zero-order valence-corrected chi connectivity index (χ0v) is 31.6. The summed E-state index contributed by atoms with van der Waals surface area (Å²) in [5.41, 5.74) is 12.8. The molecule has 5 fully saturated rings. The minimum Gasteiger partial charge on any atom is -0.354 e. The second kappa shape index (κ2) is 15.7. The number of benzene rings is 1. The molecule has 0 bridgehead atoms. The highest BCUT2D eigenvalue weighted by molar-refractivity contribution is 7.89. The molecule has 5 aliphatic rings. The molecule has 53 heavy (non-hydrogen) atoms. The number of aromatic nitrogens is 1. The van der Waals surface area contributed by atoms with Crippen molar-refractivity contribution >= 4 is 44.9 Å². The number of nitrogens with two attached hydrogens (primary N) is 2. The van der Waals surface area contributed by atoms with Crippen LogP contribution in [0.3, 0.4) is 0 Å². The van der Waals surface area contributed by atoms with Gasteiger partial charge in [-0.25, -0.2) is 22.2 Å². The number of halogens is 3. The van der Waals surface area contributed by atoms with Crippen LogP contribution in [-0.4, -0.2) is 104 Å². The molecule has 3 aliphatic heterocycles. The van der Waals surface area contributed by atoms with Crippen molar-refractivity contribution in [2.45, 2.75) is 99.2 Å². The van der Waals surface area contributed by atoms with E-state index in [1.807, 2.05) is 0 Å². The fourth-order valence-corrected chi connectivity index (χ4v) is 10.7. The van der Waals surface area contributed by atoms with Crippen LogP contribution in [0.5, 0.6) is 0 Å². The minimum atomic E-state index is -3.81. The quantitative estimate of drug-likeness (QED) is 0.324. The van der Waals surface area contributed by atoms with Gasteiger partial charge >= 0.3 is 0 Å². The van der Waals surface area contributed by atoms with Gasteiger partial charge < -0.3 is 26.6 Å². The van der Waals surface area contributed by atoms with Gasteiger partial charge in [0.05, 0.1) is 4.90 Å². The van der Waals surface area contributed by atoms with E-state index in [1.165, 1.54) is 28.6 Å². The van der Waals surface area contributed by atoms with Crippen LogP contribution in [0.25, 0.3) is 0 Å². The summed E-state index contributed by atoms with van der Waals surface area (Å²) < 4.78 is 60.5. The minimum absolute atomic E-state index is 0.0264. The van der Waals surface area contributed by atoms with Crippen LogP contribution in [0.2, 0.25) is 5.15 Å². The first-order chi connectivity index (χ1) is 25.3. The van der Waals surface area contributed by atoms with E-state index in [4.69, 9.17) is 23.1 Å². The van der Waals surface area contributed by atoms with E-state index in [-0.39, 0.29) is 96.3 Å². The number of rotatable bonds is 9. The number of likely N-dealkylation sites (tertiary alicyclic amines) is 1. The molecular weight excluding hydrogens is 726 g/mol. The molecule has 12 nitrogen and oxygen atoms in total. The average molecular weight is 777 g/mol. The molecule has 1 aromatic heterocycles. The van der Waals surface area contributed by atoms with Crippen LogP contribution >= 0.6 is 11.6 Å². The van der Waals surface area contributed by atoms with Crippen molar-refractivity contribution in [3.05, 3.63) is 47.1 Å². The molecule has 2 saturated carbocycles. The normalized spacial score (nSPS) is 29.5. The van der Waals surface area contributed by atoms with Gasteiger partial charge in [0.25, 0.3) is 5.92 Å². The van der Waals surface area contributed by atoms with Crippen molar-refractivity contribution in [3.8, 4) is 0 Å². The van der Waals surface area contributed by atoms with Crippen molar-refractivity contribution in [1.29, 1.82) is 0 Å². The van der Waals surface area contributed by atoms with Crippen LogP contribution in [0.4, 0.5) is 20.3 Å². The molecule has 290 valence electrons. The third-order valence-electron chi connectivity index (χ3n) is 12.0. The van der Waals surface area contributed by atoms with Crippen LogP contribution in [-0.2, 0) is 25.5 Å². The summed E-state index contributed by atoms with van der Waals surface area (Å²) in [6, 6.07) is 9.48.